The predicted molar refractivity (Wildman–Crippen MR) is 175 cm³/mol. The summed E-state index contributed by atoms with van der Waals surface area (Å²) < 4.78 is 73.2. The number of halogens is 5. The van der Waals surface area contributed by atoms with Crippen molar-refractivity contribution in [1.29, 1.82) is 0 Å². The molecule has 0 atom stereocenters. The van der Waals surface area contributed by atoms with Crippen molar-refractivity contribution >= 4 is 16.8 Å². The third-order valence-corrected chi connectivity index (χ3v) is 8.98. The van der Waals surface area contributed by atoms with Crippen molar-refractivity contribution < 1.29 is 26.7 Å². The largest absolute Gasteiger partial charge is 0.417 e. The lowest BCUT2D eigenvalue weighted by molar-refractivity contribution is -0.137. The van der Waals surface area contributed by atoms with Crippen LogP contribution in [0.1, 0.15) is 35.2 Å². The summed E-state index contributed by atoms with van der Waals surface area (Å²) in [6.07, 6.45) is -3.14. The number of pyridine rings is 1. The second-order valence-electron chi connectivity index (χ2n) is 12.1. The van der Waals surface area contributed by atoms with E-state index in [4.69, 9.17) is 0 Å². The fourth-order valence-electron chi connectivity index (χ4n) is 6.53. The first-order valence-corrected chi connectivity index (χ1v) is 15.9. The van der Waals surface area contributed by atoms with Crippen LogP contribution in [0.5, 0.6) is 0 Å². The third-order valence-electron chi connectivity index (χ3n) is 8.98. The zero-order valence-corrected chi connectivity index (χ0v) is 26.1. The number of nitrogens with zero attached hydrogens (tertiary/aromatic N) is 2. The third kappa shape index (κ3) is 7.18. The number of rotatable bonds is 9. The topological polar surface area (TPSA) is 54.3 Å². The lowest BCUT2D eigenvalue weighted by atomic mass is 9.96. The molecule has 0 saturated carbocycles. The van der Waals surface area contributed by atoms with Crippen LogP contribution in [0.2, 0.25) is 0 Å². The Balaban J connectivity index is 1.36. The molecule has 248 valence electrons. The minimum absolute atomic E-state index is 0.0381. The molecule has 4 aromatic carbocycles. The van der Waals surface area contributed by atoms with Gasteiger partial charge in [0.05, 0.1) is 11.1 Å². The molecule has 0 radical (unpaired) electrons. The number of nitrogens with one attached hydrogen (secondary N) is 1. The summed E-state index contributed by atoms with van der Waals surface area (Å²) in [5.74, 6) is -2.26. The Morgan fingerprint density at radius 3 is 2.33 bits per heavy atom. The van der Waals surface area contributed by atoms with Crippen molar-refractivity contribution in [2.24, 2.45) is 0 Å². The molecule has 0 aliphatic carbocycles. The highest BCUT2D eigenvalue weighted by atomic mass is 19.4. The summed E-state index contributed by atoms with van der Waals surface area (Å²) >= 11 is 0. The van der Waals surface area contributed by atoms with Crippen LogP contribution in [0.3, 0.4) is 0 Å². The van der Waals surface area contributed by atoms with Gasteiger partial charge in [0.1, 0.15) is 6.54 Å². The number of hydrogen-bond acceptors (Lipinski definition) is 3. The van der Waals surface area contributed by atoms with Gasteiger partial charge < -0.3 is 14.8 Å². The minimum Gasteiger partial charge on any atom is -0.335 e. The lowest BCUT2D eigenvalue weighted by Crippen LogP contribution is -2.47. The Morgan fingerprint density at radius 1 is 0.854 bits per heavy atom. The molecule has 0 unspecified atom stereocenters. The van der Waals surface area contributed by atoms with Crippen LogP contribution in [0.15, 0.2) is 102 Å². The Kier molecular flexibility index (Phi) is 9.73. The number of para-hydroxylation sites is 1. The number of hydrogen-bond donors (Lipinski definition) is 1. The van der Waals surface area contributed by atoms with Crippen LogP contribution in [-0.2, 0) is 36.9 Å². The molecule has 1 N–H and O–H groups in total. The van der Waals surface area contributed by atoms with Crippen LogP contribution < -0.4 is 10.7 Å². The molecular formula is C38H34F5N3O2. The van der Waals surface area contributed by atoms with Crippen molar-refractivity contribution in [3.63, 3.8) is 0 Å². The molecular weight excluding hydrogens is 625 g/mol. The van der Waals surface area contributed by atoms with Gasteiger partial charge in [0, 0.05) is 29.7 Å². The lowest BCUT2D eigenvalue weighted by Gasteiger charge is -2.35. The minimum atomic E-state index is -4.62. The second-order valence-corrected chi connectivity index (χ2v) is 12.1. The van der Waals surface area contributed by atoms with Gasteiger partial charge in [-0.15, -0.1) is 0 Å². The van der Waals surface area contributed by atoms with Crippen LogP contribution in [-0.4, -0.2) is 34.5 Å². The van der Waals surface area contributed by atoms with E-state index in [1.54, 1.807) is 70.1 Å². The summed E-state index contributed by atoms with van der Waals surface area (Å²) in [4.78, 5) is 29.0. The van der Waals surface area contributed by atoms with E-state index in [2.05, 4.69) is 5.32 Å². The number of fused-ring (bicyclic) bond motifs is 1. The molecule has 0 bridgehead atoms. The monoisotopic (exact) mass is 659 g/mol. The van der Waals surface area contributed by atoms with Gasteiger partial charge in [-0.25, -0.2) is 8.78 Å². The Morgan fingerprint density at radius 2 is 1.58 bits per heavy atom. The first-order chi connectivity index (χ1) is 23.1. The molecule has 5 aromatic rings. The molecule has 1 fully saturated rings. The van der Waals surface area contributed by atoms with Crippen molar-refractivity contribution in [3.8, 4) is 11.1 Å². The van der Waals surface area contributed by atoms with E-state index < -0.39 is 23.4 Å². The maximum Gasteiger partial charge on any atom is 0.417 e. The first-order valence-electron chi connectivity index (χ1n) is 15.9. The zero-order chi connectivity index (χ0) is 33.8. The first kappa shape index (κ1) is 33.1. The van der Waals surface area contributed by atoms with Gasteiger partial charge in [0.15, 0.2) is 17.1 Å². The SMILES string of the molecule is O=C(Cn1c(CCc2cccc(F)c2F)cc(=O)c2ccccc21)N(Cc1ccc(-c2ccccc2)c(C(F)(F)F)c1)C1CCNCC1. The maximum absolute atomic E-state index is 14.5. The van der Waals surface area contributed by atoms with Crippen molar-refractivity contribution in [2.45, 2.75) is 51.0 Å². The molecule has 0 spiro atoms. The predicted octanol–water partition coefficient (Wildman–Crippen LogP) is 7.53. The summed E-state index contributed by atoms with van der Waals surface area (Å²) in [5, 5.41) is 3.67. The van der Waals surface area contributed by atoms with E-state index in [0.717, 1.165) is 12.1 Å². The fourth-order valence-corrected chi connectivity index (χ4v) is 6.53. The Bertz CT molecular complexity index is 1990. The van der Waals surface area contributed by atoms with Gasteiger partial charge >= 0.3 is 6.18 Å². The highest BCUT2D eigenvalue weighted by molar-refractivity contribution is 5.83. The molecule has 6 rings (SSSR count). The molecule has 10 heteroatoms. The van der Waals surface area contributed by atoms with Crippen molar-refractivity contribution in [1.82, 2.24) is 14.8 Å². The van der Waals surface area contributed by atoms with E-state index in [1.807, 2.05) is 0 Å². The van der Waals surface area contributed by atoms with Crippen LogP contribution >= 0.6 is 0 Å². The van der Waals surface area contributed by atoms with Gasteiger partial charge in [-0.05, 0) is 85.3 Å². The van der Waals surface area contributed by atoms with Crippen molar-refractivity contribution in [3.05, 3.63) is 141 Å². The average molecular weight is 660 g/mol. The quantitative estimate of drug-likeness (QED) is 0.167. The van der Waals surface area contributed by atoms with Crippen LogP contribution in [0, 0.1) is 11.6 Å². The number of carbonyl (C=O) groups excluding carboxylic acids is 1. The molecule has 1 amide bonds. The zero-order valence-electron chi connectivity index (χ0n) is 26.1. The smallest absolute Gasteiger partial charge is 0.335 e. The summed E-state index contributed by atoms with van der Waals surface area (Å²) in [6.45, 7) is 1.07. The molecule has 1 aliphatic rings. The van der Waals surface area contributed by atoms with Gasteiger partial charge in [0.2, 0.25) is 5.91 Å². The van der Waals surface area contributed by atoms with Crippen LogP contribution in [0.25, 0.3) is 22.0 Å². The average Bonchev–Trinajstić information content (AvgIpc) is 3.09. The van der Waals surface area contributed by atoms with Gasteiger partial charge in [-0.3, -0.25) is 9.59 Å². The number of alkyl halides is 3. The molecule has 1 aliphatic heterocycles. The number of benzene rings is 4. The highest BCUT2D eigenvalue weighted by Crippen LogP contribution is 2.38. The van der Waals surface area contributed by atoms with E-state index in [9.17, 15) is 31.5 Å². The maximum atomic E-state index is 14.5. The Labute approximate surface area is 274 Å². The van der Waals surface area contributed by atoms with E-state index in [0.29, 0.717) is 53.7 Å². The Hall–Kier alpha value is -4.83. The summed E-state index contributed by atoms with van der Waals surface area (Å²) in [5.41, 5.74) is 0.922. The number of aryl methyl sites for hydroxylation is 2. The van der Waals surface area contributed by atoms with E-state index in [1.165, 1.54) is 24.3 Å². The highest BCUT2D eigenvalue weighted by Gasteiger charge is 2.35. The number of aromatic nitrogens is 1. The number of amides is 1. The second kappa shape index (κ2) is 14.1. The standard InChI is InChI=1S/C38H34F5N3O2/c39-33-11-6-9-27(37(33)40)14-15-29-22-35(47)31-10-4-5-12-34(31)45(29)24-36(48)46(28-17-19-44-20-18-28)23-25-13-16-30(26-7-2-1-3-8-26)32(21-25)38(41,42)43/h1-13,16,21-22,28,44H,14-15,17-20,23-24H2. The normalized spacial score (nSPS) is 13.9. The summed E-state index contributed by atoms with van der Waals surface area (Å²) in [7, 11) is 0. The van der Waals surface area contributed by atoms with E-state index in [-0.39, 0.29) is 54.4 Å². The molecule has 1 saturated heterocycles. The molecule has 1 aromatic heterocycles. The van der Waals surface area contributed by atoms with Gasteiger partial charge in [-0.2, -0.15) is 13.2 Å². The van der Waals surface area contributed by atoms with Gasteiger partial charge in [0.25, 0.3) is 0 Å². The molecule has 5 nitrogen and oxygen atoms in total. The van der Waals surface area contributed by atoms with E-state index >= 15 is 0 Å². The number of carbonyl (C=O) groups is 1. The van der Waals surface area contributed by atoms with Crippen molar-refractivity contribution in [2.75, 3.05) is 13.1 Å². The van der Waals surface area contributed by atoms with Crippen LogP contribution in [0.4, 0.5) is 22.0 Å². The fraction of sp³-hybridized carbons (Fsp3) is 0.263. The van der Waals surface area contributed by atoms with Gasteiger partial charge in [-0.1, -0.05) is 66.7 Å². The summed E-state index contributed by atoms with van der Waals surface area (Å²) in [6, 6.07) is 24.5. The molecule has 48 heavy (non-hydrogen) atoms. The molecule has 2 heterocycles. The number of piperidine rings is 1.